The van der Waals surface area contributed by atoms with Crippen molar-refractivity contribution < 1.29 is 34.1 Å². The Labute approximate surface area is 185 Å². The van der Waals surface area contributed by atoms with E-state index in [0.717, 1.165) is 0 Å². The van der Waals surface area contributed by atoms with Gasteiger partial charge in [0.05, 0.1) is 0 Å². The molecule has 7 nitrogen and oxygen atoms in total. The van der Waals surface area contributed by atoms with E-state index in [4.69, 9.17) is 10.2 Å². The second-order valence-electron chi connectivity index (χ2n) is 0.986. The Morgan fingerprint density at radius 3 is 1.14 bits per heavy atom. The summed E-state index contributed by atoms with van der Waals surface area (Å²) in [7, 11) is 0. The van der Waals surface area contributed by atoms with Crippen molar-refractivity contribution in [2.24, 2.45) is 0 Å². The molecule has 0 bridgehead atoms. The molecule has 0 radical (unpaired) electrons. The zero-order chi connectivity index (χ0) is 8.15. The van der Waals surface area contributed by atoms with Gasteiger partial charge in [-0.15, -0.1) is 0 Å². The van der Waals surface area contributed by atoms with E-state index in [1.165, 1.54) is 0 Å². The Kier molecular flexibility index (Phi) is 38.8. The van der Waals surface area contributed by atoms with Crippen LogP contribution >= 0.6 is 0 Å². The number of hydrogen-bond donors (Lipinski definition) is 2. The van der Waals surface area contributed by atoms with Crippen molar-refractivity contribution in [1.29, 1.82) is 0 Å². The molecular weight excluding hydrogens is 372 g/mol. The molecule has 0 saturated carbocycles. The molecule has 0 aromatic carbocycles. The second-order valence-corrected chi connectivity index (χ2v) is 0.986. The second kappa shape index (κ2) is 18.1. The summed E-state index contributed by atoms with van der Waals surface area (Å²) in [6, 6.07) is 0. The van der Waals surface area contributed by atoms with E-state index >= 15 is 0 Å². The summed E-state index contributed by atoms with van der Waals surface area (Å²) >= 11 is 0. The average Bonchev–Trinajstić information content (AvgIpc) is 1.58. The fourth-order valence-electron chi connectivity index (χ4n) is 0.163. The van der Waals surface area contributed by atoms with E-state index in [-0.39, 0.29) is 137 Å². The van der Waals surface area contributed by atoms with E-state index in [1.54, 1.807) is 0 Å². The van der Waals surface area contributed by atoms with Crippen molar-refractivity contribution in [2.45, 2.75) is 0 Å². The van der Waals surface area contributed by atoms with Gasteiger partial charge in [-0.05, 0) is 0 Å². The molecule has 2 N–H and O–H groups in total. The van der Waals surface area contributed by atoms with Gasteiger partial charge >= 0.3 is 156 Å². The van der Waals surface area contributed by atoms with Crippen LogP contribution in [-0.2, 0) is 9.47 Å². The fourth-order valence-corrected chi connectivity index (χ4v) is 0.163. The van der Waals surface area contributed by atoms with Crippen LogP contribution in [0, 0.1) is 0 Å². The first-order valence-corrected chi connectivity index (χ1v) is 1.88. The zero-order valence-corrected chi connectivity index (χ0v) is 4.44. The van der Waals surface area contributed by atoms with E-state index in [1.807, 2.05) is 0 Å². The molecule has 0 aromatic heterocycles. The van der Waals surface area contributed by atoms with Gasteiger partial charge in [-0.2, -0.15) is 0 Å². The SMILES string of the molecule is O=C(O)OC(=O)OC(=O)O.[MgH2].[MgH2].[SrH2].[SrH2]. The molecule has 0 aliphatic rings. The van der Waals surface area contributed by atoms with Gasteiger partial charge in [0.15, 0.2) is 0 Å². The summed E-state index contributed by atoms with van der Waals surface area (Å²) < 4.78 is 6.47. The molecule has 0 saturated heterocycles. The minimum atomic E-state index is -1.92. The van der Waals surface area contributed by atoms with Crippen LogP contribution in [0.25, 0.3) is 0 Å². The van der Waals surface area contributed by atoms with Gasteiger partial charge < -0.3 is 19.7 Å². The minimum absolute atomic E-state index is 0. The van der Waals surface area contributed by atoms with Crippen LogP contribution in [0.1, 0.15) is 0 Å². The fraction of sp³-hybridized carbons (Fsp3) is 0. The standard InChI is InChI=1S/C3H2O7.2Mg.2Sr.8H/c4-1(5)9-3(8)10-2(6)7;;;;;;;;;;;;/h(H,4,5)(H,6,7);;;;;;;;;;;;. The van der Waals surface area contributed by atoms with Crippen LogP contribution in [0.4, 0.5) is 14.4 Å². The Morgan fingerprint density at radius 1 is 0.786 bits per heavy atom. The van der Waals surface area contributed by atoms with Gasteiger partial charge in [-0.1, -0.05) is 0 Å². The van der Waals surface area contributed by atoms with Crippen LogP contribution in [0.15, 0.2) is 0 Å². The monoisotopic (exact) mass is 382 g/mol. The molecule has 0 unspecified atom stereocenters. The normalized spacial score (nSPS) is 5.71. The maximum atomic E-state index is 9.86. The summed E-state index contributed by atoms with van der Waals surface area (Å²) in [6.45, 7) is 0. The molecule has 11 heteroatoms. The molecule has 14 heavy (non-hydrogen) atoms. The van der Waals surface area contributed by atoms with Crippen molar-refractivity contribution in [3.8, 4) is 0 Å². The van der Waals surface area contributed by atoms with E-state index in [0.29, 0.717) is 0 Å². The Balaban J connectivity index is -0.0000000675. The third-order valence-corrected chi connectivity index (χ3v) is 0.341. The van der Waals surface area contributed by atoms with E-state index in [2.05, 4.69) is 9.47 Å². The van der Waals surface area contributed by atoms with Gasteiger partial charge in [-0.3, -0.25) is 0 Å². The number of hydrogen-bond acceptors (Lipinski definition) is 5. The molecule has 0 amide bonds. The Hall–Kier alpha value is 2.70. The van der Waals surface area contributed by atoms with Crippen LogP contribution in [0.2, 0.25) is 0 Å². The number of carbonyl (C=O) groups is 3. The van der Waals surface area contributed by atoms with E-state index < -0.39 is 18.5 Å². The summed E-state index contributed by atoms with van der Waals surface area (Å²) in [5, 5.41) is 15.4. The number of carboxylic acid groups (broad SMARTS) is 2. The zero-order valence-electron chi connectivity index (χ0n) is 4.44. The van der Waals surface area contributed by atoms with Crippen LogP contribution in [0.5, 0.6) is 0 Å². The molecule has 0 heterocycles. The predicted octanol–water partition coefficient (Wildman–Crippen LogP) is -3.17. The molecule has 0 aliphatic carbocycles. The van der Waals surface area contributed by atoms with E-state index in [9.17, 15) is 14.4 Å². The van der Waals surface area contributed by atoms with Crippen molar-refractivity contribution in [3.63, 3.8) is 0 Å². The molecule has 0 spiro atoms. The molecule has 0 rings (SSSR count). The number of carbonyl (C=O) groups excluding carboxylic acids is 1. The van der Waals surface area contributed by atoms with Crippen LogP contribution < -0.4 is 0 Å². The summed E-state index contributed by atoms with van der Waals surface area (Å²) in [5.74, 6) is 0. The van der Waals surface area contributed by atoms with Crippen molar-refractivity contribution in [2.75, 3.05) is 0 Å². The Morgan fingerprint density at radius 2 is 1.00 bits per heavy atom. The van der Waals surface area contributed by atoms with Crippen LogP contribution in [-0.4, -0.2) is 166 Å². The molecule has 0 atom stereocenters. The average molecular weight is 382 g/mol. The summed E-state index contributed by atoms with van der Waals surface area (Å²) in [5.41, 5.74) is 0. The first-order valence-electron chi connectivity index (χ1n) is 1.88. The first-order chi connectivity index (χ1) is 4.52. The Bertz CT molecular complexity index is 168. The van der Waals surface area contributed by atoms with Gasteiger partial charge in [0.2, 0.25) is 0 Å². The predicted molar refractivity (Wildman–Crippen MR) is 57.8 cm³/mol. The number of rotatable bonds is 0. The summed E-state index contributed by atoms with van der Waals surface area (Å²) in [6.07, 6.45) is -5.64. The number of ether oxygens (including phenoxy) is 2. The van der Waals surface area contributed by atoms with Crippen molar-refractivity contribution in [3.05, 3.63) is 0 Å². The first kappa shape index (κ1) is 30.1. The topological polar surface area (TPSA) is 110 Å². The van der Waals surface area contributed by atoms with Gasteiger partial charge in [-0.25, -0.2) is 14.4 Å². The van der Waals surface area contributed by atoms with Crippen LogP contribution in [0.3, 0.4) is 0 Å². The quantitative estimate of drug-likeness (QED) is 0.259. The third-order valence-electron chi connectivity index (χ3n) is 0.341. The van der Waals surface area contributed by atoms with Gasteiger partial charge in [0.25, 0.3) is 0 Å². The molecular formula is C3H10Mg2O7Sr2. The van der Waals surface area contributed by atoms with Gasteiger partial charge in [0.1, 0.15) is 0 Å². The molecule has 0 aliphatic heterocycles. The summed E-state index contributed by atoms with van der Waals surface area (Å²) in [4.78, 5) is 28.8. The van der Waals surface area contributed by atoms with Crippen molar-refractivity contribution >= 4 is 156 Å². The maximum absolute atomic E-state index is 9.86. The molecule has 0 aromatic rings. The molecule has 0 fully saturated rings. The van der Waals surface area contributed by atoms with Gasteiger partial charge in [0, 0.05) is 0 Å². The molecule has 72 valence electrons. The van der Waals surface area contributed by atoms with Crippen molar-refractivity contribution in [1.82, 2.24) is 0 Å². The third kappa shape index (κ3) is 24.1.